The summed E-state index contributed by atoms with van der Waals surface area (Å²) in [5, 5.41) is 2.98. The first-order chi connectivity index (χ1) is 13.4. The molecule has 0 spiro atoms. The van der Waals surface area contributed by atoms with Crippen molar-refractivity contribution in [1.29, 1.82) is 0 Å². The molecule has 3 heterocycles. The smallest absolute Gasteiger partial charge is 0.271 e. The molecule has 146 valence electrons. The molecule has 1 N–H and O–H groups in total. The minimum absolute atomic E-state index is 0.0335. The van der Waals surface area contributed by atoms with Crippen molar-refractivity contribution in [2.24, 2.45) is 0 Å². The Kier molecular flexibility index (Phi) is 4.78. The average Bonchev–Trinajstić information content (AvgIpc) is 2.94. The number of halogens is 2. The van der Waals surface area contributed by atoms with Gasteiger partial charge in [0, 0.05) is 29.9 Å². The molecule has 2 aliphatic heterocycles. The summed E-state index contributed by atoms with van der Waals surface area (Å²) in [7, 11) is 0. The number of carbonyl (C=O) groups excluding carboxylic acids is 2. The van der Waals surface area contributed by atoms with Gasteiger partial charge in [0.2, 0.25) is 0 Å². The van der Waals surface area contributed by atoms with Gasteiger partial charge in [0.15, 0.2) is 11.6 Å². The highest BCUT2D eigenvalue weighted by Crippen LogP contribution is 2.37. The van der Waals surface area contributed by atoms with E-state index in [-0.39, 0.29) is 41.2 Å². The van der Waals surface area contributed by atoms with E-state index in [0.717, 1.165) is 30.7 Å². The monoisotopic (exact) mass is 386 g/mol. The zero-order valence-electron chi connectivity index (χ0n) is 15.4. The molecule has 2 bridgehead atoms. The summed E-state index contributed by atoms with van der Waals surface area (Å²) in [6.45, 7) is 1.80. The largest absolute Gasteiger partial charge is 0.348 e. The second-order valence-corrected chi connectivity index (χ2v) is 7.41. The van der Waals surface area contributed by atoms with Crippen LogP contribution in [0.1, 0.15) is 52.2 Å². The number of fused-ring (bicyclic) bond motifs is 2. The Labute approximate surface area is 161 Å². The van der Waals surface area contributed by atoms with Gasteiger partial charge in [-0.3, -0.25) is 14.6 Å². The number of benzene rings is 1. The van der Waals surface area contributed by atoms with Crippen LogP contribution in [0.25, 0.3) is 0 Å². The van der Waals surface area contributed by atoms with Crippen molar-refractivity contribution in [3.05, 3.63) is 59.2 Å². The maximum atomic E-state index is 13.5. The highest BCUT2D eigenvalue weighted by molar-refractivity contribution is 5.95. The Hall–Kier alpha value is -2.90. The first kappa shape index (κ1) is 18.5. The topological polar surface area (TPSA) is 75.2 Å². The number of nitrogens with one attached hydrogen (secondary N) is 1. The van der Waals surface area contributed by atoms with Gasteiger partial charge in [-0.15, -0.1) is 0 Å². The summed E-state index contributed by atoms with van der Waals surface area (Å²) >= 11 is 0. The molecule has 28 heavy (non-hydrogen) atoms. The second kappa shape index (κ2) is 7.26. The lowest BCUT2D eigenvalue weighted by Gasteiger charge is -2.39. The fourth-order valence-electron chi connectivity index (χ4n) is 4.17. The second-order valence-electron chi connectivity index (χ2n) is 7.41. The molecule has 8 heteroatoms. The van der Waals surface area contributed by atoms with Crippen LogP contribution in [0.3, 0.4) is 0 Å². The van der Waals surface area contributed by atoms with Gasteiger partial charge in [-0.05, 0) is 50.8 Å². The van der Waals surface area contributed by atoms with Crippen LogP contribution in [0, 0.1) is 18.6 Å². The molecule has 6 nitrogen and oxygen atoms in total. The Morgan fingerprint density at radius 3 is 2.39 bits per heavy atom. The third-order valence-electron chi connectivity index (χ3n) is 5.48. The van der Waals surface area contributed by atoms with Crippen molar-refractivity contribution in [3.8, 4) is 0 Å². The van der Waals surface area contributed by atoms with Crippen molar-refractivity contribution < 1.29 is 18.4 Å². The minimum atomic E-state index is -1.03. The van der Waals surface area contributed by atoms with Gasteiger partial charge >= 0.3 is 0 Å². The van der Waals surface area contributed by atoms with E-state index in [1.54, 1.807) is 18.0 Å². The van der Waals surface area contributed by atoms with Crippen LogP contribution in [0.5, 0.6) is 0 Å². The van der Waals surface area contributed by atoms with Crippen LogP contribution in [0.2, 0.25) is 0 Å². The molecular formula is C20H20F2N4O2. The normalized spacial score (nSPS) is 23.5. The molecule has 2 aromatic rings. The molecule has 2 fully saturated rings. The van der Waals surface area contributed by atoms with Gasteiger partial charge in [0.05, 0.1) is 11.9 Å². The van der Waals surface area contributed by atoms with Gasteiger partial charge in [0.1, 0.15) is 5.69 Å². The Morgan fingerprint density at radius 1 is 1.07 bits per heavy atom. The Bertz CT molecular complexity index is 905. The maximum absolute atomic E-state index is 13.5. The number of nitrogens with zero attached hydrogens (tertiary/aromatic N) is 3. The summed E-state index contributed by atoms with van der Waals surface area (Å²) in [4.78, 5) is 35.2. The van der Waals surface area contributed by atoms with Gasteiger partial charge in [-0.25, -0.2) is 13.8 Å². The predicted molar refractivity (Wildman–Crippen MR) is 96.6 cm³/mol. The van der Waals surface area contributed by atoms with E-state index in [0.29, 0.717) is 12.8 Å². The third-order valence-corrected chi connectivity index (χ3v) is 5.48. The van der Waals surface area contributed by atoms with Gasteiger partial charge in [0.25, 0.3) is 11.8 Å². The van der Waals surface area contributed by atoms with Gasteiger partial charge in [-0.2, -0.15) is 0 Å². The van der Waals surface area contributed by atoms with Crippen molar-refractivity contribution in [1.82, 2.24) is 20.2 Å². The summed E-state index contributed by atoms with van der Waals surface area (Å²) in [5.74, 6) is -2.57. The lowest BCUT2D eigenvalue weighted by atomic mass is 9.96. The molecule has 0 saturated carbocycles. The molecule has 1 aromatic carbocycles. The fourth-order valence-corrected chi connectivity index (χ4v) is 4.17. The van der Waals surface area contributed by atoms with Crippen LogP contribution in [0.4, 0.5) is 8.78 Å². The first-order valence-corrected chi connectivity index (χ1v) is 9.29. The number of rotatable bonds is 3. The van der Waals surface area contributed by atoms with Crippen molar-refractivity contribution in [2.75, 3.05) is 0 Å². The van der Waals surface area contributed by atoms with E-state index in [9.17, 15) is 18.4 Å². The van der Waals surface area contributed by atoms with Gasteiger partial charge < -0.3 is 10.2 Å². The number of amides is 2. The Morgan fingerprint density at radius 2 is 1.79 bits per heavy atom. The van der Waals surface area contributed by atoms with Crippen molar-refractivity contribution in [3.63, 3.8) is 0 Å². The number of aromatic nitrogens is 2. The predicted octanol–water partition coefficient (Wildman–Crippen LogP) is 2.63. The van der Waals surface area contributed by atoms with Crippen LogP contribution >= 0.6 is 0 Å². The number of aryl methyl sites for hydroxylation is 1. The molecule has 4 rings (SSSR count). The number of piperidine rings is 1. The van der Waals surface area contributed by atoms with Gasteiger partial charge in [-0.1, -0.05) is 0 Å². The third kappa shape index (κ3) is 3.46. The molecule has 1 aromatic heterocycles. The van der Waals surface area contributed by atoms with Crippen LogP contribution in [-0.4, -0.2) is 44.8 Å². The van der Waals surface area contributed by atoms with E-state index in [4.69, 9.17) is 0 Å². The highest BCUT2D eigenvalue weighted by atomic mass is 19.2. The lowest BCUT2D eigenvalue weighted by Crippen LogP contribution is -2.52. The average molecular weight is 386 g/mol. The molecule has 0 aliphatic carbocycles. The standard InChI is InChI=1S/C20H20F2N4O2/c1-11-9-24-18(10-23-11)19(27)25-13-7-14-3-4-15(8-13)26(14)20(28)12-2-5-16(21)17(22)6-12/h2,5-6,9-10,13-15H,3-4,7-8H2,1H3,(H,25,27). The zero-order valence-corrected chi connectivity index (χ0v) is 15.4. The molecule has 2 aliphatic rings. The van der Waals surface area contributed by atoms with Crippen molar-refractivity contribution in [2.45, 2.75) is 50.7 Å². The van der Waals surface area contributed by atoms with Crippen LogP contribution < -0.4 is 5.32 Å². The summed E-state index contributed by atoms with van der Waals surface area (Å²) in [5.41, 5.74) is 1.14. The Balaban J connectivity index is 1.44. The SMILES string of the molecule is Cc1cnc(C(=O)NC2CC3CCC(C2)N3C(=O)c2ccc(F)c(F)c2)cn1. The lowest BCUT2D eigenvalue weighted by molar-refractivity contribution is 0.0548. The van der Waals surface area contributed by atoms with E-state index < -0.39 is 11.6 Å². The first-order valence-electron chi connectivity index (χ1n) is 9.29. The summed E-state index contributed by atoms with van der Waals surface area (Å²) < 4.78 is 26.7. The highest BCUT2D eigenvalue weighted by Gasteiger charge is 2.44. The maximum Gasteiger partial charge on any atom is 0.271 e. The van der Waals surface area contributed by atoms with E-state index in [1.807, 2.05) is 0 Å². The molecule has 2 atom stereocenters. The number of hydrogen-bond acceptors (Lipinski definition) is 4. The van der Waals surface area contributed by atoms with Crippen molar-refractivity contribution >= 4 is 11.8 Å². The number of hydrogen-bond donors (Lipinski definition) is 1. The van der Waals surface area contributed by atoms with E-state index in [2.05, 4.69) is 15.3 Å². The van der Waals surface area contributed by atoms with E-state index in [1.165, 1.54) is 12.3 Å². The van der Waals surface area contributed by atoms with E-state index >= 15 is 0 Å². The quantitative estimate of drug-likeness (QED) is 0.880. The zero-order chi connectivity index (χ0) is 19.8. The molecule has 2 amide bonds. The molecule has 0 radical (unpaired) electrons. The van der Waals surface area contributed by atoms with Crippen LogP contribution in [0.15, 0.2) is 30.6 Å². The minimum Gasteiger partial charge on any atom is -0.348 e. The molecular weight excluding hydrogens is 366 g/mol. The summed E-state index contributed by atoms with van der Waals surface area (Å²) in [6.07, 6.45) is 5.89. The summed E-state index contributed by atoms with van der Waals surface area (Å²) in [6, 6.07) is 3.09. The number of carbonyl (C=O) groups is 2. The molecule has 2 unspecified atom stereocenters. The fraction of sp³-hybridized carbons (Fsp3) is 0.400. The van der Waals surface area contributed by atoms with Crippen LogP contribution in [-0.2, 0) is 0 Å². The molecule has 2 saturated heterocycles.